The highest BCUT2D eigenvalue weighted by Crippen LogP contribution is 2.19. The van der Waals surface area contributed by atoms with Gasteiger partial charge in [0.15, 0.2) is 12.1 Å². The summed E-state index contributed by atoms with van der Waals surface area (Å²) < 4.78 is 2.59. The Balaban J connectivity index is 2.60. The van der Waals surface area contributed by atoms with Gasteiger partial charge in [0.2, 0.25) is 0 Å². The number of pyridine rings is 1. The molecule has 0 fully saturated rings. The number of carbonyl (C=O) groups excluding carboxylic acids is 1. The molecule has 2 rings (SSSR count). The minimum atomic E-state index is 0.587. The lowest BCUT2D eigenvalue weighted by Crippen LogP contribution is -2.00. The van der Waals surface area contributed by atoms with Crippen LogP contribution in [0.15, 0.2) is 41.1 Å². The summed E-state index contributed by atoms with van der Waals surface area (Å²) in [5, 5.41) is 0. The maximum atomic E-state index is 10.7. The SMILES string of the molecule is O=Cc1cccn1-c1ncccc1Br. The molecular formula is C10H7BrN2O. The molecule has 0 aliphatic rings. The van der Waals surface area contributed by atoms with Crippen LogP contribution < -0.4 is 0 Å². The van der Waals surface area contributed by atoms with Crippen molar-refractivity contribution in [1.82, 2.24) is 9.55 Å². The molecule has 0 radical (unpaired) electrons. The first-order valence-electron chi connectivity index (χ1n) is 4.06. The van der Waals surface area contributed by atoms with Crippen LogP contribution in [0.5, 0.6) is 0 Å². The van der Waals surface area contributed by atoms with Crippen LogP contribution in [0.4, 0.5) is 0 Å². The van der Waals surface area contributed by atoms with E-state index in [-0.39, 0.29) is 0 Å². The van der Waals surface area contributed by atoms with E-state index in [1.807, 2.05) is 18.2 Å². The maximum Gasteiger partial charge on any atom is 0.166 e. The number of rotatable bonds is 2. The predicted octanol–water partition coefficient (Wildman–Crippen LogP) is 2.45. The van der Waals surface area contributed by atoms with Crippen LogP contribution in [0.3, 0.4) is 0 Å². The lowest BCUT2D eigenvalue weighted by atomic mass is 10.4. The summed E-state index contributed by atoms with van der Waals surface area (Å²) in [6.45, 7) is 0. The summed E-state index contributed by atoms with van der Waals surface area (Å²) in [5.74, 6) is 0.722. The first-order valence-corrected chi connectivity index (χ1v) is 4.85. The van der Waals surface area contributed by atoms with E-state index < -0.39 is 0 Å². The van der Waals surface area contributed by atoms with E-state index in [1.165, 1.54) is 0 Å². The summed E-state index contributed by atoms with van der Waals surface area (Å²) >= 11 is 3.38. The second-order valence-corrected chi connectivity index (χ2v) is 3.58. The molecule has 4 heteroatoms. The summed E-state index contributed by atoms with van der Waals surface area (Å²) in [4.78, 5) is 14.9. The van der Waals surface area contributed by atoms with Crippen molar-refractivity contribution >= 4 is 22.2 Å². The normalized spacial score (nSPS) is 10.1. The lowest BCUT2D eigenvalue weighted by Gasteiger charge is -2.05. The van der Waals surface area contributed by atoms with Crippen molar-refractivity contribution in [1.29, 1.82) is 0 Å². The first-order chi connectivity index (χ1) is 6.83. The largest absolute Gasteiger partial charge is 0.298 e. The average Bonchev–Trinajstić information content (AvgIpc) is 2.66. The van der Waals surface area contributed by atoms with E-state index in [1.54, 1.807) is 23.0 Å². The van der Waals surface area contributed by atoms with Crippen molar-refractivity contribution in [2.75, 3.05) is 0 Å². The van der Waals surface area contributed by atoms with Crippen molar-refractivity contribution in [2.45, 2.75) is 0 Å². The second kappa shape index (κ2) is 3.75. The molecule has 0 N–H and O–H groups in total. The first kappa shape index (κ1) is 9.15. The summed E-state index contributed by atoms with van der Waals surface area (Å²) in [5.41, 5.74) is 0.587. The molecule has 0 spiro atoms. The fourth-order valence-corrected chi connectivity index (χ4v) is 1.68. The van der Waals surface area contributed by atoms with Crippen molar-refractivity contribution < 1.29 is 4.79 Å². The van der Waals surface area contributed by atoms with Crippen LogP contribution in [0.2, 0.25) is 0 Å². The van der Waals surface area contributed by atoms with Gasteiger partial charge in [0.25, 0.3) is 0 Å². The summed E-state index contributed by atoms with van der Waals surface area (Å²) in [6.07, 6.45) is 4.30. The van der Waals surface area contributed by atoms with E-state index in [0.717, 1.165) is 16.6 Å². The Bertz CT molecular complexity index is 465. The van der Waals surface area contributed by atoms with Crippen molar-refractivity contribution in [2.24, 2.45) is 0 Å². The van der Waals surface area contributed by atoms with Crippen molar-refractivity contribution in [3.63, 3.8) is 0 Å². The van der Waals surface area contributed by atoms with Gasteiger partial charge in [-0.3, -0.25) is 9.36 Å². The molecule has 14 heavy (non-hydrogen) atoms. The number of halogens is 1. The third kappa shape index (κ3) is 1.48. The number of aromatic nitrogens is 2. The zero-order valence-electron chi connectivity index (χ0n) is 7.22. The molecule has 3 nitrogen and oxygen atoms in total. The Morgan fingerprint density at radius 1 is 1.36 bits per heavy atom. The highest BCUT2D eigenvalue weighted by molar-refractivity contribution is 9.10. The van der Waals surface area contributed by atoms with Crippen molar-refractivity contribution in [3.8, 4) is 5.82 Å². The molecule has 2 heterocycles. The van der Waals surface area contributed by atoms with E-state index in [0.29, 0.717) is 5.69 Å². The van der Waals surface area contributed by atoms with E-state index in [2.05, 4.69) is 20.9 Å². The van der Waals surface area contributed by atoms with Gasteiger partial charge in [0, 0.05) is 12.4 Å². The molecule has 2 aromatic rings. The molecule has 2 aromatic heterocycles. The zero-order chi connectivity index (χ0) is 9.97. The van der Waals surface area contributed by atoms with E-state index in [4.69, 9.17) is 0 Å². The average molecular weight is 251 g/mol. The Hall–Kier alpha value is -1.42. The van der Waals surface area contributed by atoms with Gasteiger partial charge in [-0.25, -0.2) is 4.98 Å². The van der Waals surface area contributed by atoms with Crippen LogP contribution in [0.1, 0.15) is 10.5 Å². The van der Waals surface area contributed by atoms with Gasteiger partial charge in [0.05, 0.1) is 10.2 Å². The van der Waals surface area contributed by atoms with Gasteiger partial charge in [-0.1, -0.05) is 0 Å². The highest BCUT2D eigenvalue weighted by atomic mass is 79.9. The minimum Gasteiger partial charge on any atom is -0.298 e. The molecule has 0 aliphatic heterocycles. The monoisotopic (exact) mass is 250 g/mol. The molecule has 0 unspecified atom stereocenters. The van der Waals surface area contributed by atoms with Crippen molar-refractivity contribution in [3.05, 3.63) is 46.8 Å². The summed E-state index contributed by atoms with van der Waals surface area (Å²) in [6, 6.07) is 7.27. The summed E-state index contributed by atoms with van der Waals surface area (Å²) in [7, 11) is 0. The van der Waals surface area contributed by atoms with Crippen LogP contribution in [-0.2, 0) is 0 Å². The molecule has 0 aromatic carbocycles. The molecule has 0 saturated heterocycles. The number of hydrogen-bond donors (Lipinski definition) is 0. The van der Waals surface area contributed by atoms with Crippen LogP contribution >= 0.6 is 15.9 Å². The Morgan fingerprint density at radius 2 is 2.21 bits per heavy atom. The molecule has 0 amide bonds. The number of hydrogen-bond acceptors (Lipinski definition) is 2. The predicted molar refractivity (Wildman–Crippen MR) is 56.7 cm³/mol. The fraction of sp³-hybridized carbons (Fsp3) is 0. The topological polar surface area (TPSA) is 34.9 Å². The van der Waals surface area contributed by atoms with Crippen LogP contribution in [-0.4, -0.2) is 15.8 Å². The molecule has 0 saturated carbocycles. The maximum absolute atomic E-state index is 10.7. The molecular weight excluding hydrogens is 244 g/mol. The van der Waals surface area contributed by atoms with Gasteiger partial charge in [-0.2, -0.15) is 0 Å². The smallest absolute Gasteiger partial charge is 0.166 e. The molecule has 0 atom stereocenters. The third-order valence-corrected chi connectivity index (χ3v) is 2.49. The third-order valence-electron chi connectivity index (χ3n) is 1.87. The van der Waals surface area contributed by atoms with Crippen LogP contribution in [0, 0.1) is 0 Å². The van der Waals surface area contributed by atoms with E-state index in [9.17, 15) is 4.79 Å². The number of carbonyl (C=O) groups is 1. The Morgan fingerprint density at radius 3 is 2.93 bits per heavy atom. The molecule has 0 bridgehead atoms. The standard InChI is InChI=1S/C10H7BrN2O/c11-9-4-1-5-12-10(9)13-6-2-3-8(13)7-14/h1-7H. The van der Waals surface area contributed by atoms with Gasteiger partial charge in [0.1, 0.15) is 0 Å². The van der Waals surface area contributed by atoms with Gasteiger partial charge in [-0.15, -0.1) is 0 Å². The Labute approximate surface area is 89.5 Å². The van der Waals surface area contributed by atoms with Crippen LogP contribution in [0.25, 0.3) is 5.82 Å². The zero-order valence-corrected chi connectivity index (χ0v) is 8.81. The van der Waals surface area contributed by atoms with Gasteiger partial charge in [-0.05, 0) is 40.2 Å². The van der Waals surface area contributed by atoms with Gasteiger partial charge < -0.3 is 0 Å². The van der Waals surface area contributed by atoms with E-state index >= 15 is 0 Å². The molecule has 0 aliphatic carbocycles. The molecule has 70 valence electrons. The Kier molecular flexibility index (Phi) is 2.45. The quantitative estimate of drug-likeness (QED) is 0.768. The fourth-order valence-electron chi connectivity index (χ4n) is 1.24. The number of nitrogens with zero attached hydrogens (tertiary/aromatic N) is 2. The highest BCUT2D eigenvalue weighted by Gasteiger charge is 2.05. The van der Waals surface area contributed by atoms with Gasteiger partial charge >= 0.3 is 0 Å². The second-order valence-electron chi connectivity index (χ2n) is 2.73. The lowest BCUT2D eigenvalue weighted by molar-refractivity contribution is 0.111. The minimum absolute atomic E-state index is 0.587. The number of aldehydes is 1.